The number of amides is 18. The molecule has 0 saturated carbocycles. The van der Waals surface area contributed by atoms with Crippen molar-refractivity contribution < 1.29 is 151 Å². The number of aliphatic hydroxyl groups is 1. The van der Waals surface area contributed by atoms with E-state index in [1.807, 2.05) is 0 Å². The lowest BCUT2D eigenvalue weighted by Crippen LogP contribution is -2.65. The third-order valence-electron chi connectivity index (χ3n) is 22.4. The fourth-order valence-electron chi connectivity index (χ4n) is 14.5. The van der Waals surface area contributed by atoms with E-state index in [1.165, 1.54) is 13.8 Å². The number of carbonyl (C=O) groups is 24. The number of primary amides is 2. The van der Waals surface area contributed by atoms with E-state index in [4.69, 9.17) is 40.1 Å². The first-order chi connectivity index (χ1) is 66.3. The van der Waals surface area contributed by atoms with E-state index < -0.39 is 321 Å². The van der Waals surface area contributed by atoms with Gasteiger partial charge in [0.2, 0.25) is 106 Å². The molecule has 0 aromatic rings. The van der Waals surface area contributed by atoms with Crippen molar-refractivity contribution in [3.05, 3.63) is 12.2 Å². The summed E-state index contributed by atoms with van der Waals surface area (Å²) in [5.41, 5.74) is 35.4. The summed E-state index contributed by atoms with van der Waals surface area (Å²) < 4.78 is 0. The van der Waals surface area contributed by atoms with Crippen molar-refractivity contribution in [3.8, 4) is 0 Å². The minimum atomic E-state index is -2.23. The van der Waals surface area contributed by atoms with Gasteiger partial charge in [0, 0.05) is 32.6 Å². The second-order valence-corrected chi connectivity index (χ2v) is 35.1. The van der Waals surface area contributed by atoms with Gasteiger partial charge < -0.3 is 161 Å². The molecule has 0 fully saturated rings. The molecule has 1 aliphatic rings. The number of carbonyl (C=O) groups excluding carboxylic acids is 18. The highest BCUT2D eigenvalue weighted by Gasteiger charge is 2.45. The largest absolute Gasteiger partial charge is 0.481 e. The first-order valence-electron chi connectivity index (χ1n) is 46.9. The Hall–Kier alpha value is -13.2. The Bertz CT molecular complexity index is 4260. The van der Waals surface area contributed by atoms with E-state index in [0.29, 0.717) is 0 Å². The number of nitrogens with two attached hydrogens (primary N) is 7. The van der Waals surface area contributed by atoms with Crippen molar-refractivity contribution >= 4 is 142 Å². The zero-order chi connectivity index (χ0) is 107. The number of hydrogen-bond donors (Lipinski definition) is 30. The molecule has 796 valence electrons. The summed E-state index contributed by atoms with van der Waals surface area (Å²) >= 11 is 0. The van der Waals surface area contributed by atoms with Gasteiger partial charge in [-0.05, 0) is 219 Å². The number of aliphatic hydroxyl groups excluding tert-OH is 1. The Morgan fingerprint density at radius 2 is 0.688 bits per heavy atom. The quantitative estimate of drug-likeness (QED) is 0.0199. The lowest BCUT2D eigenvalue weighted by molar-refractivity contribution is -0.142. The molecule has 37 N–H and O–H groups in total. The summed E-state index contributed by atoms with van der Waals surface area (Å²) in [6.07, 6.45) is -6.47. The van der Waals surface area contributed by atoms with E-state index >= 15 is 19.2 Å². The summed E-state index contributed by atoms with van der Waals surface area (Å²) in [6.45, 7) is 6.12. The van der Waals surface area contributed by atoms with Crippen LogP contribution in [0.4, 0.5) is 0 Å². The van der Waals surface area contributed by atoms with Crippen LogP contribution in [0.5, 0.6) is 0 Å². The molecule has 0 bridgehead atoms. The molecule has 0 spiro atoms. The van der Waals surface area contributed by atoms with Crippen LogP contribution in [0.15, 0.2) is 12.2 Å². The third kappa shape index (κ3) is 51.0. The molecule has 0 unspecified atom stereocenters. The zero-order valence-corrected chi connectivity index (χ0v) is 80.4. The number of rotatable bonds is 65. The normalized spacial score (nSPS) is 19.1. The topological polar surface area (TPSA) is 926 Å². The molecule has 54 nitrogen and oxygen atoms in total. The molecular formula is C87H147N23O31. The van der Waals surface area contributed by atoms with Gasteiger partial charge in [0.25, 0.3) is 0 Å². The van der Waals surface area contributed by atoms with Crippen LogP contribution < -0.4 is 125 Å². The van der Waals surface area contributed by atoms with Crippen LogP contribution in [-0.2, 0) is 115 Å². The number of nitrogens with one attached hydrogen (secondary N) is 16. The fraction of sp³-hybridized carbons (Fsp3) is 0.701. The monoisotopic (exact) mass is 2010 g/mol. The molecule has 1 aliphatic heterocycles. The average Bonchev–Trinajstić information content (AvgIpc) is 1.24. The van der Waals surface area contributed by atoms with Crippen LogP contribution in [0.2, 0.25) is 0 Å². The van der Waals surface area contributed by atoms with Crippen molar-refractivity contribution in [1.29, 1.82) is 0 Å². The SMILES string of the molecule is CC(=O)N[C@@H](CC(=O)O)C(=O)N[C@@H](CCC(=O)O)C(=O)N[C@@H](CCCCN)C(=O)N[C@@H](CCC(=O)O)C(=O)N[C@@H](CCCCN)C(=O)N[C@@H](CC(C)C)C(=O)N[C@]1(C)CCC/C=C\CCC[C@](C)(C(=O)N[C@@H](CCC(=O)O)C(=O)N[C@@H](CC(N)=O)C(=O)N[C@@H](CC(=O)O)C(=O)N[C@@H](CCCCN)C(=O)N[C@@H](CO)C(N)=O)NC(=O)[C@H](CCCCN)NC(=O)[C@H](CCC(=O)O)NC(=O)[C@H](CCCCN)NC1=O. The van der Waals surface area contributed by atoms with Crippen LogP contribution >= 0.6 is 0 Å². The number of hydrogen-bond acceptors (Lipinski definition) is 30. The lowest BCUT2D eigenvalue weighted by atomic mass is 9.91. The summed E-state index contributed by atoms with van der Waals surface area (Å²) in [6, 6.07) is -25.1. The van der Waals surface area contributed by atoms with Crippen molar-refractivity contribution in [3.63, 3.8) is 0 Å². The van der Waals surface area contributed by atoms with Crippen molar-refractivity contribution in [2.75, 3.05) is 39.3 Å². The Morgan fingerprint density at radius 3 is 1.04 bits per heavy atom. The van der Waals surface area contributed by atoms with Gasteiger partial charge in [-0.25, -0.2) is 0 Å². The smallest absolute Gasteiger partial charge is 0.305 e. The van der Waals surface area contributed by atoms with E-state index in [9.17, 15) is 132 Å². The maximum absolute atomic E-state index is 15.3. The molecular weight excluding hydrogens is 1860 g/mol. The Labute approximate surface area is 814 Å². The predicted octanol–water partition coefficient (Wildman–Crippen LogP) is -8.09. The molecule has 0 radical (unpaired) electrons. The van der Waals surface area contributed by atoms with E-state index in [1.54, 1.807) is 26.0 Å². The second-order valence-electron chi connectivity index (χ2n) is 35.1. The fourth-order valence-corrected chi connectivity index (χ4v) is 14.5. The van der Waals surface area contributed by atoms with Gasteiger partial charge in [0.1, 0.15) is 95.7 Å². The van der Waals surface area contributed by atoms with Crippen LogP contribution in [-0.4, -0.2) is 313 Å². The van der Waals surface area contributed by atoms with Crippen molar-refractivity contribution in [1.82, 2.24) is 85.1 Å². The molecule has 141 heavy (non-hydrogen) atoms. The van der Waals surface area contributed by atoms with Gasteiger partial charge in [-0.2, -0.15) is 0 Å². The first-order valence-corrected chi connectivity index (χ1v) is 46.9. The molecule has 0 saturated heterocycles. The number of aliphatic carboxylic acids is 6. The van der Waals surface area contributed by atoms with Gasteiger partial charge in [-0.15, -0.1) is 0 Å². The van der Waals surface area contributed by atoms with Crippen molar-refractivity contribution in [2.24, 2.45) is 46.1 Å². The minimum Gasteiger partial charge on any atom is -0.481 e. The molecule has 1 rings (SSSR count). The van der Waals surface area contributed by atoms with Gasteiger partial charge in [0.15, 0.2) is 0 Å². The molecule has 0 aromatic heterocycles. The number of allylic oxidation sites excluding steroid dienone is 2. The van der Waals surface area contributed by atoms with Crippen LogP contribution in [0.1, 0.15) is 247 Å². The molecule has 54 heteroatoms. The standard InChI is InChI=1S/C87H147N23O31/c1-47(2)42-58(103-72(128)50(23-11-18-38-89)97-75(131)54(27-31-64(114)115)100-71(127)49(22-10-17-37-88)96-76(132)56(29-33-66(118)119)102-80(136)60(44-68(122)123)95-48(3)112)83(139)110-87(5)36-16-9-7-6-8-15-35-86(4,109-82(138)53(26-14-21-41-92)99-77(133)55(28-32-65(116)117)101-74(130)52(107-84(87)140)25-13-20-40-91)85(141)108-57(30-34-67(120)121)78(134)104-59(43-63(93)113)79(135)105-61(45-69(124)125)81(137)98-51(24-12-19-39-90)73(129)106-62(46-111)70(94)126/h6-7,47,49-62,111H,8-46,88-92H2,1-5H3,(H2,93,113)(H2,94,126)(H,95,112)(H,96,132)(H,97,131)(H,98,137)(H,99,133)(H,100,127)(H,101,130)(H,102,136)(H,103,128)(H,104,134)(H,105,135)(H,106,129)(H,107,140)(H,108,141)(H,109,138)(H,110,139)(H,114,115)(H,116,117)(H,118,119)(H,120,121)(H,122,123)(H,124,125)/b7-6-/t49-,50-,51-,52-,53-,54-,55-,56-,57-,58-,59-,60-,61-,62-,86+,87+/m0/s1. The van der Waals surface area contributed by atoms with E-state index in [0.717, 1.165) is 6.92 Å². The summed E-state index contributed by atoms with van der Waals surface area (Å²) in [4.78, 5) is 327. The summed E-state index contributed by atoms with van der Waals surface area (Å²) in [5.74, 6) is -30.9. The molecule has 0 aromatic carbocycles. The highest BCUT2D eigenvalue weighted by atomic mass is 16.4. The van der Waals surface area contributed by atoms with Gasteiger partial charge in [-0.3, -0.25) is 115 Å². The predicted molar refractivity (Wildman–Crippen MR) is 499 cm³/mol. The number of carboxylic acid groups (broad SMARTS) is 6. The Morgan fingerprint density at radius 1 is 0.369 bits per heavy atom. The summed E-state index contributed by atoms with van der Waals surface area (Å²) in [5, 5.41) is 107. The summed E-state index contributed by atoms with van der Waals surface area (Å²) in [7, 11) is 0. The second kappa shape index (κ2) is 67.2. The van der Waals surface area contributed by atoms with Gasteiger partial charge in [-0.1, -0.05) is 26.0 Å². The minimum absolute atomic E-state index is 0.00821. The lowest BCUT2D eigenvalue weighted by Gasteiger charge is -2.34. The number of carboxylic acids is 6. The maximum Gasteiger partial charge on any atom is 0.305 e. The van der Waals surface area contributed by atoms with Crippen LogP contribution in [0.25, 0.3) is 0 Å². The highest BCUT2D eigenvalue weighted by molar-refractivity contribution is 6.03. The van der Waals surface area contributed by atoms with Crippen LogP contribution in [0.3, 0.4) is 0 Å². The molecule has 1 heterocycles. The highest BCUT2D eigenvalue weighted by Crippen LogP contribution is 2.23. The number of unbranched alkanes of at least 4 members (excludes halogenated alkanes) is 5. The third-order valence-corrected chi connectivity index (χ3v) is 22.4. The maximum atomic E-state index is 15.3. The first kappa shape index (κ1) is 126. The van der Waals surface area contributed by atoms with Crippen LogP contribution in [0, 0.1) is 5.92 Å². The Kier molecular flexibility index (Phi) is 59.9. The van der Waals surface area contributed by atoms with E-state index in [-0.39, 0.29) is 174 Å². The average molecular weight is 2010 g/mol. The van der Waals surface area contributed by atoms with E-state index in [2.05, 4.69) is 85.1 Å². The van der Waals surface area contributed by atoms with Gasteiger partial charge in [0.05, 0.1) is 25.9 Å². The van der Waals surface area contributed by atoms with Crippen molar-refractivity contribution in [2.45, 2.75) is 342 Å². The zero-order valence-electron chi connectivity index (χ0n) is 80.4. The Balaban J connectivity index is 4.28. The molecule has 0 aliphatic carbocycles. The van der Waals surface area contributed by atoms with Gasteiger partial charge >= 0.3 is 35.8 Å². The molecule has 16 atom stereocenters. The molecule has 18 amide bonds.